The molecule has 0 aliphatic rings. The van der Waals surface area contributed by atoms with Crippen molar-refractivity contribution < 1.29 is 17.9 Å². The summed E-state index contributed by atoms with van der Waals surface area (Å²) in [6, 6.07) is 14.7. The summed E-state index contributed by atoms with van der Waals surface area (Å²) in [4.78, 5) is 12.4. The van der Waals surface area contributed by atoms with E-state index < -0.39 is 10.0 Å². The summed E-state index contributed by atoms with van der Waals surface area (Å²) in [5.41, 5.74) is 2.32. The molecule has 2 rings (SSSR count). The average Bonchev–Trinajstić information content (AvgIpc) is 2.64. The van der Waals surface area contributed by atoms with E-state index in [-0.39, 0.29) is 18.6 Å². The molecule has 7 heteroatoms. The fraction of sp³-hybridized carbons (Fsp3) is 0.381. The molecule has 152 valence electrons. The van der Waals surface area contributed by atoms with Crippen LogP contribution in [0.15, 0.2) is 48.5 Å². The number of nitrogens with one attached hydrogen (secondary N) is 1. The average molecular weight is 405 g/mol. The minimum absolute atomic E-state index is 0.0959. The molecule has 0 heterocycles. The van der Waals surface area contributed by atoms with E-state index in [0.717, 1.165) is 27.4 Å². The van der Waals surface area contributed by atoms with Gasteiger partial charge in [0.2, 0.25) is 15.9 Å². The standard InChI is InChI=1S/C21H28N2O4S/c1-5-18-8-6-7-9-20(18)23(28(4,25)26)15-21(24)22-14-17-10-12-19(13-11-17)27-16(2)3/h6-13,16H,5,14-15H2,1-4H3,(H,22,24). The minimum atomic E-state index is -3.59. The second-order valence-corrected chi connectivity index (χ2v) is 8.75. The van der Waals surface area contributed by atoms with Gasteiger partial charge in [-0.05, 0) is 49.6 Å². The van der Waals surface area contributed by atoms with Crippen molar-refractivity contribution in [3.63, 3.8) is 0 Å². The Kier molecular flexibility index (Phi) is 7.45. The van der Waals surface area contributed by atoms with Crippen molar-refractivity contribution in [2.45, 2.75) is 39.8 Å². The lowest BCUT2D eigenvalue weighted by Gasteiger charge is -2.24. The number of aryl methyl sites for hydroxylation is 1. The normalized spacial score (nSPS) is 11.3. The highest BCUT2D eigenvalue weighted by atomic mass is 32.2. The van der Waals surface area contributed by atoms with Gasteiger partial charge in [-0.1, -0.05) is 37.3 Å². The zero-order valence-electron chi connectivity index (χ0n) is 16.8. The lowest BCUT2D eigenvalue weighted by Crippen LogP contribution is -2.40. The number of para-hydroxylation sites is 1. The van der Waals surface area contributed by atoms with E-state index in [4.69, 9.17) is 4.74 Å². The van der Waals surface area contributed by atoms with Gasteiger partial charge in [-0.2, -0.15) is 0 Å². The van der Waals surface area contributed by atoms with Gasteiger partial charge in [-0.25, -0.2) is 8.42 Å². The largest absolute Gasteiger partial charge is 0.491 e. The van der Waals surface area contributed by atoms with E-state index in [1.54, 1.807) is 12.1 Å². The number of nitrogens with zero attached hydrogens (tertiary/aromatic N) is 1. The number of amides is 1. The molecule has 0 atom stereocenters. The number of hydrogen-bond acceptors (Lipinski definition) is 4. The van der Waals surface area contributed by atoms with Crippen LogP contribution in [0.25, 0.3) is 0 Å². The van der Waals surface area contributed by atoms with Crippen molar-refractivity contribution in [2.75, 3.05) is 17.1 Å². The van der Waals surface area contributed by atoms with Crippen molar-refractivity contribution in [3.8, 4) is 5.75 Å². The molecule has 6 nitrogen and oxygen atoms in total. The van der Waals surface area contributed by atoms with Crippen LogP contribution in [-0.4, -0.2) is 33.2 Å². The van der Waals surface area contributed by atoms with Crippen LogP contribution in [0.3, 0.4) is 0 Å². The zero-order chi connectivity index (χ0) is 20.7. The number of ether oxygens (including phenoxy) is 1. The van der Waals surface area contributed by atoms with Crippen molar-refractivity contribution in [1.82, 2.24) is 5.32 Å². The molecule has 0 fully saturated rings. The van der Waals surface area contributed by atoms with Gasteiger partial charge in [0.1, 0.15) is 12.3 Å². The number of sulfonamides is 1. The molecular formula is C21H28N2O4S. The maximum atomic E-state index is 12.4. The van der Waals surface area contributed by atoms with E-state index in [1.165, 1.54) is 0 Å². The van der Waals surface area contributed by atoms with Gasteiger partial charge in [0, 0.05) is 6.54 Å². The Balaban J connectivity index is 2.04. The molecule has 1 N–H and O–H groups in total. The highest BCUT2D eigenvalue weighted by molar-refractivity contribution is 7.92. The molecule has 2 aromatic carbocycles. The van der Waals surface area contributed by atoms with Crippen LogP contribution in [0, 0.1) is 0 Å². The highest BCUT2D eigenvalue weighted by Crippen LogP contribution is 2.23. The Morgan fingerprint density at radius 2 is 1.75 bits per heavy atom. The highest BCUT2D eigenvalue weighted by Gasteiger charge is 2.22. The van der Waals surface area contributed by atoms with Crippen molar-refractivity contribution in [2.24, 2.45) is 0 Å². The second-order valence-electron chi connectivity index (χ2n) is 6.84. The summed E-state index contributed by atoms with van der Waals surface area (Å²) in [5, 5.41) is 2.78. The summed E-state index contributed by atoms with van der Waals surface area (Å²) in [6.07, 6.45) is 1.88. The summed E-state index contributed by atoms with van der Waals surface area (Å²) >= 11 is 0. The summed E-state index contributed by atoms with van der Waals surface area (Å²) in [5.74, 6) is 0.406. The van der Waals surface area contributed by atoms with E-state index in [9.17, 15) is 13.2 Å². The molecule has 0 saturated heterocycles. The summed E-state index contributed by atoms with van der Waals surface area (Å²) in [7, 11) is -3.59. The van der Waals surface area contributed by atoms with Gasteiger partial charge in [-0.3, -0.25) is 9.10 Å². The maximum Gasteiger partial charge on any atom is 0.241 e. The Morgan fingerprint density at radius 1 is 1.11 bits per heavy atom. The van der Waals surface area contributed by atoms with Crippen molar-refractivity contribution >= 4 is 21.6 Å². The number of anilines is 1. The first kappa shape index (κ1) is 21.8. The number of hydrogen-bond donors (Lipinski definition) is 1. The number of rotatable bonds is 9. The number of carbonyl (C=O) groups excluding carboxylic acids is 1. The third-order valence-electron chi connectivity index (χ3n) is 4.11. The molecule has 0 aliphatic carbocycles. The maximum absolute atomic E-state index is 12.4. The molecule has 0 spiro atoms. The Labute approximate surface area is 167 Å². The lowest BCUT2D eigenvalue weighted by molar-refractivity contribution is -0.119. The molecule has 0 saturated carbocycles. The first-order chi connectivity index (χ1) is 13.2. The molecule has 28 heavy (non-hydrogen) atoms. The van der Waals surface area contributed by atoms with Gasteiger partial charge < -0.3 is 10.1 Å². The summed E-state index contributed by atoms with van der Waals surface area (Å²) < 4.78 is 31.3. The van der Waals surface area contributed by atoms with Gasteiger partial charge in [0.05, 0.1) is 18.0 Å². The fourth-order valence-corrected chi connectivity index (χ4v) is 3.67. The SMILES string of the molecule is CCc1ccccc1N(CC(=O)NCc1ccc(OC(C)C)cc1)S(C)(=O)=O. The topological polar surface area (TPSA) is 75.7 Å². The molecule has 0 unspecified atom stereocenters. The minimum Gasteiger partial charge on any atom is -0.491 e. The zero-order valence-corrected chi connectivity index (χ0v) is 17.6. The summed E-state index contributed by atoms with van der Waals surface area (Å²) in [6.45, 7) is 5.92. The fourth-order valence-electron chi connectivity index (χ4n) is 2.78. The Hall–Kier alpha value is -2.54. The van der Waals surface area contributed by atoms with Crippen LogP contribution in [0.4, 0.5) is 5.69 Å². The van der Waals surface area contributed by atoms with Gasteiger partial charge in [-0.15, -0.1) is 0 Å². The third kappa shape index (κ3) is 6.27. The molecule has 0 radical (unpaired) electrons. The quantitative estimate of drug-likeness (QED) is 0.697. The number of carbonyl (C=O) groups is 1. The van der Waals surface area contributed by atoms with Crippen LogP contribution in [-0.2, 0) is 27.8 Å². The van der Waals surface area contributed by atoms with E-state index in [2.05, 4.69) is 5.32 Å². The molecule has 0 bridgehead atoms. The van der Waals surface area contributed by atoms with Crippen LogP contribution >= 0.6 is 0 Å². The molecular weight excluding hydrogens is 376 g/mol. The first-order valence-electron chi connectivity index (χ1n) is 9.28. The predicted octanol–water partition coefficient (Wildman–Crippen LogP) is 3.12. The lowest BCUT2D eigenvalue weighted by atomic mass is 10.1. The molecule has 2 aromatic rings. The molecule has 1 amide bonds. The van der Waals surface area contributed by atoms with Gasteiger partial charge >= 0.3 is 0 Å². The monoisotopic (exact) mass is 404 g/mol. The first-order valence-corrected chi connectivity index (χ1v) is 11.1. The molecule has 0 aromatic heterocycles. The van der Waals surface area contributed by atoms with Crippen LogP contribution in [0.5, 0.6) is 5.75 Å². The van der Waals surface area contributed by atoms with Gasteiger partial charge in [0.15, 0.2) is 0 Å². The van der Waals surface area contributed by atoms with Gasteiger partial charge in [0.25, 0.3) is 0 Å². The third-order valence-corrected chi connectivity index (χ3v) is 5.24. The van der Waals surface area contributed by atoms with Crippen LogP contribution in [0.2, 0.25) is 0 Å². The molecule has 0 aliphatic heterocycles. The van der Waals surface area contributed by atoms with E-state index in [0.29, 0.717) is 18.7 Å². The van der Waals surface area contributed by atoms with Crippen LogP contribution < -0.4 is 14.4 Å². The second kappa shape index (κ2) is 9.59. The predicted molar refractivity (Wildman–Crippen MR) is 112 cm³/mol. The number of benzene rings is 2. The Bertz CT molecular complexity index is 893. The van der Waals surface area contributed by atoms with Crippen molar-refractivity contribution in [1.29, 1.82) is 0 Å². The van der Waals surface area contributed by atoms with Crippen LogP contribution in [0.1, 0.15) is 31.9 Å². The smallest absolute Gasteiger partial charge is 0.241 e. The van der Waals surface area contributed by atoms with Crippen molar-refractivity contribution in [3.05, 3.63) is 59.7 Å². The Morgan fingerprint density at radius 3 is 2.32 bits per heavy atom. The van der Waals surface area contributed by atoms with E-state index in [1.807, 2.05) is 57.2 Å². The van der Waals surface area contributed by atoms with E-state index >= 15 is 0 Å².